The van der Waals surface area contributed by atoms with E-state index in [0.29, 0.717) is 11.6 Å². The van der Waals surface area contributed by atoms with E-state index in [-0.39, 0.29) is 0 Å². The van der Waals surface area contributed by atoms with Crippen molar-refractivity contribution in [3.63, 3.8) is 0 Å². The summed E-state index contributed by atoms with van der Waals surface area (Å²) in [4.78, 5) is 13.8. The van der Waals surface area contributed by atoms with Gasteiger partial charge in [-0.25, -0.2) is 4.79 Å². The molecule has 1 fully saturated rings. The van der Waals surface area contributed by atoms with Crippen molar-refractivity contribution in [2.75, 3.05) is 11.4 Å². The molecule has 0 radical (unpaired) electrons. The minimum Gasteiger partial charge on any atom is -0.478 e. The first-order chi connectivity index (χ1) is 9.72. The Labute approximate surface area is 118 Å². The standard InChI is InChI=1S/C17H19NO2/c1-2-11-18(12-7-8-12)16-10-9-15(17(19)20)13-5-3-4-6-14(13)16/h3-6,9-10,12H,2,7-8,11H2,1H3,(H,19,20). The van der Waals surface area contributed by atoms with E-state index >= 15 is 0 Å². The summed E-state index contributed by atoms with van der Waals surface area (Å²) in [6.07, 6.45) is 3.59. The van der Waals surface area contributed by atoms with Gasteiger partial charge in [0.15, 0.2) is 0 Å². The Bertz CT molecular complexity index is 646. The van der Waals surface area contributed by atoms with E-state index in [1.165, 1.54) is 18.5 Å². The highest BCUT2D eigenvalue weighted by Crippen LogP contribution is 2.36. The lowest BCUT2D eigenvalue weighted by atomic mass is 10.0. The van der Waals surface area contributed by atoms with Crippen molar-refractivity contribution in [3.8, 4) is 0 Å². The van der Waals surface area contributed by atoms with Crippen molar-refractivity contribution in [2.24, 2.45) is 0 Å². The molecular formula is C17H19NO2. The molecule has 0 aromatic heterocycles. The highest BCUT2D eigenvalue weighted by Gasteiger charge is 2.29. The maximum atomic E-state index is 11.4. The average molecular weight is 269 g/mol. The van der Waals surface area contributed by atoms with Gasteiger partial charge in [-0.15, -0.1) is 0 Å². The van der Waals surface area contributed by atoms with Crippen LogP contribution in [0.4, 0.5) is 5.69 Å². The number of anilines is 1. The normalized spacial score (nSPS) is 14.4. The van der Waals surface area contributed by atoms with Gasteiger partial charge in [-0.2, -0.15) is 0 Å². The Kier molecular flexibility index (Phi) is 3.35. The highest BCUT2D eigenvalue weighted by atomic mass is 16.4. The molecule has 0 heterocycles. The summed E-state index contributed by atoms with van der Waals surface area (Å²) in [6, 6.07) is 12.2. The molecule has 20 heavy (non-hydrogen) atoms. The maximum absolute atomic E-state index is 11.4. The van der Waals surface area contributed by atoms with Crippen LogP contribution in [-0.2, 0) is 0 Å². The summed E-state index contributed by atoms with van der Waals surface area (Å²) in [5.74, 6) is -0.860. The van der Waals surface area contributed by atoms with Gasteiger partial charge >= 0.3 is 5.97 Å². The minimum absolute atomic E-state index is 0.386. The van der Waals surface area contributed by atoms with Crippen LogP contribution in [0.1, 0.15) is 36.5 Å². The number of aromatic carboxylic acids is 1. The Balaban J connectivity index is 2.16. The first-order valence-electron chi connectivity index (χ1n) is 7.24. The predicted molar refractivity (Wildman–Crippen MR) is 81.6 cm³/mol. The number of carboxylic acids is 1. The van der Waals surface area contributed by atoms with Crippen LogP contribution >= 0.6 is 0 Å². The van der Waals surface area contributed by atoms with Crippen molar-refractivity contribution in [2.45, 2.75) is 32.2 Å². The molecule has 3 nitrogen and oxygen atoms in total. The van der Waals surface area contributed by atoms with Crippen molar-refractivity contribution in [1.82, 2.24) is 0 Å². The smallest absolute Gasteiger partial charge is 0.336 e. The van der Waals surface area contributed by atoms with Crippen LogP contribution in [0.2, 0.25) is 0 Å². The third-order valence-corrected chi connectivity index (χ3v) is 3.89. The molecule has 104 valence electrons. The first-order valence-corrected chi connectivity index (χ1v) is 7.24. The molecule has 0 aliphatic heterocycles. The SMILES string of the molecule is CCCN(c1ccc(C(=O)O)c2ccccc12)C1CC1. The molecular weight excluding hydrogens is 250 g/mol. The molecule has 0 unspecified atom stereocenters. The molecule has 1 saturated carbocycles. The summed E-state index contributed by atoms with van der Waals surface area (Å²) in [5, 5.41) is 11.2. The molecule has 1 aliphatic rings. The van der Waals surface area contributed by atoms with Gasteiger partial charge in [-0.3, -0.25) is 0 Å². The minimum atomic E-state index is -0.860. The predicted octanol–water partition coefficient (Wildman–Crippen LogP) is 3.92. The molecule has 0 atom stereocenters. The van der Waals surface area contributed by atoms with E-state index in [4.69, 9.17) is 0 Å². The van der Waals surface area contributed by atoms with Crippen molar-refractivity contribution in [3.05, 3.63) is 42.0 Å². The highest BCUT2D eigenvalue weighted by molar-refractivity contribution is 6.08. The van der Waals surface area contributed by atoms with Gasteiger partial charge in [0, 0.05) is 23.7 Å². The zero-order chi connectivity index (χ0) is 14.1. The van der Waals surface area contributed by atoms with E-state index in [9.17, 15) is 9.90 Å². The summed E-state index contributed by atoms with van der Waals surface area (Å²) in [7, 11) is 0. The Morgan fingerprint density at radius 2 is 1.90 bits per heavy atom. The zero-order valence-electron chi connectivity index (χ0n) is 11.7. The van der Waals surface area contributed by atoms with E-state index in [2.05, 4.69) is 11.8 Å². The zero-order valence-corrected chi connectivity index (χ0v) is 11.7. The first kappa shape index (κ1) is 13.0. The van der Waals surface area contributed by atoms with Gasteiger partial charge < -0.3 is 10.0 Å². The third-order valence-electron chi connectivity index (χ3n) is 3.89. The van der Waals surface area contributed by atoms with E-state index in [1.54, 1.807) is 6.07 Å². The molecule has 3 rings (SSSR count). The van der Waals surface area contributed by atoms with Crippen molar-refractivity contribution < 1.29 is 9.90 Å². The van der Waals surface area contributed by atoms with Gasteiger partial charge in [0.25, 0.3) is 0 Å². The summed E-state index contributed by atoms with van der Waals surface area (Å²) in [6.45, 7) is 3.21. The summed E-state index contributed by atoms with van der Waals surface area (Å²) < 4.78 is 0. The fourth-order valence-electron chi connectivity index (χ4n) is 2.85. The summed E-state index contributed by atoms with van der Waals surface area (Å²) in [5.41, 5.74) is 1.56. The molecule has 0 bridgehead atoms. The van der Waals surface area contributed by atoms with Crippen LogP contribution in [0.15, 0.2) is 36.4 Å². The number of nitrogens with zero attached hydrogens (tertiary/aromatic N) is 1. The number of carbonyl (C=O) groups is 1. The number of benzene rings is 2. The lowest BCUT2D eigenvalue weighted by molar-refractivity contribution is 0.0699. The molecule has 2 aromatic rings. The van der Waals surface area contributed by atoms with Crippen LogP contribution in [0.25, 0.3) is 10.8 Å². The van der Waals surface area contributed by atoms with Crippen LogP contribution < -0.4 is 4.90 Å². The Hall–Kier alpha value is -2.03. The average Bonchev–Trinajstić information content (AvgIpc) is 3.28. The lowest BCUT2D eigenvalue weighted by Crippen LogP contribution is -2.26. The fourth-order valence-corrected chi connectivity index (χ4v) is 2.85. The third kappa shape index (κ3) is 2.24. The van der Waals surface area contributed by atoms with Gasteiger partial charge in [-0.1, -0.05) is 31.2 Å². The second-order valence-electron chi connectivity index (χ2n) is 5.41. The van der Waals surface area contributed by atoms with Gasteiger partial charge in [-0.05, 0) is 36.8 Å². The second-order valence-corrected chi connectivity index (χ2v) is 5.41. The summed E-state index contributed by atoms with van der Waals surface area (Å²) >= 11 is 0. The van der Waals surface area contributed by atoms with Gasteiger partial charge in [0.2, 0.25) is 0 Å². The van der Waals surface area contributed by atoms with Crippen LogP contribution in [-0.4, -0.2) is 23.7 Å². The second kappa shape index (κ2) is 5.16. The topological polar surface area (TPSA) is 40.5 Å². The molecule has 0 spiro atoms. The van der Waals surface area contributed by atoms with Gasteiger partial charge in [0.05, 0.1) is 5.56 Å². The number of rotatable bonds is 5. The van der Waals surface area contributed by atoms with Crippen molar-refractivity contribution in [1.29, 1.82) is 0 Å². The quantitative estimate of drug-likeness (QED) is 0.894. The van der Waals surface area contributed by atoms with E-state index in [1.807, 2.05) is 30.3 Å². The maximum Gasteiger partial charge on any atom is 0.336 e. The number of hydrogen-bond acceptors (Lipinski definition) is 2. The lowest BCUT2D eigenvalue weighted by Gasteiger charge is -2.26. The Morgan fingerprint density at radius 1 is 1.20 bits per heavy atom. The van der Waals surface area contributed by atoms with E-state index < -0.39 is 5.97 Å². The fraction of sp³-hybridized carbons (Fsp3) is 0.353. The number of carboxylic acid groups (broad SMARTS) is 1. The van der Waals surface area contributed by atoms with Crippen LogP contribution in [0, 0.1) is 0 Å². The molecule has 3 heteroatoms. The number of fused-ring (bicyclic) bond motifs is 1. The van der Waals surface area contributed by atoms with Gasteiger partial charge in [0.1, 0.15) is 0 Å². The monoisotopic (exact) mass is 269 g/mol. The molecule has 2 aromatic carbocycles. The van der Waals surface area contributed by atoms with E-state index in [0.717, 1.165) is 23.7 Å². The van der Waals surface area contributed by atoms with Crippen molar-refractivity contribution >= 4 is 22.4 Å². The Morgan fingerprint density at radius 3 is 2.50 bits per heavy atom. The van der Waals surface area contributed by atoms with Crippen LogP contribution in [0.3, 0.4) is 0 Å². The largest absolute Gasteiger partial charge is 0.478 e. The number of hydrogen-bond donors (Lipinski definition) is 1. The molecule has 1 aliphatic carbocycles. The van der Waals surface area contributed by atoms with Crippen LogP contribution in [0.5, 0.6) is 0 Å². The molecule has 1 N–H and O–H groups in total. The molecule has 0 amide bonds. The molecule has 0 saturated heterocycles.